The molecule has 0 spiro atoms. The van der Waals surface area contributed by atoms with E-state index in [4.69, 9.17) is 10.00 Å². The highest BCUT2D eigenvalue weighted by Gasteiger charge is 2.38. The van der Waals surface area contributed by atoms with Crippen LogP contribution in [0, 0.1) is 11.3 Å². The molecular formula is C14H15BrF3N3O4S. The lowest BCUT2D eigenvalue weighted by molar-refractivity contribution is -0.189. The van der Waals surface area contributed by atoms with Gasteiger partial charge in [-0.3, -0.25) is 4.79 Å². The topological polar surface area (TPSA) is 109 Å². The molecule has 0 fully saturated rings. The summed E-state index contributed by atoms with van der Waals surface area (Å²) in [6, 6.07) is 2.64. The molecule has 1 rings (SSSR count). The summed E-state index contributed by atoms with van der Waals surface area (Å²) in [4.78, 5) is 16.0. The monoisotopic (exact) mass is 457 g/mol. The van der Waals surface area contributed by atoms with Gasteiger partial charge in [-0.1, -0.05) is 0 Å². The first kappa shape index (κ1) is 22.2. The van der Waals surface area contributed by atoms with Gasteiger partial charge in [0.25, 0.3) is 5.91 Å². The Hall–Kier alpha value is -1.87. The maximum absolute atomic E-state index is 12.6. The highest BCUT2D eigenvalue weighted by molar-refractivity contribution is 9.10. The molecule has 1 unspecified atom stereocenters. The number of alkyl halides is 3. The fraction of sp³-hybridized carbons (Fsp3) is 0.500. The zero-order chi connectivity index (χ0) is 20.3. The third kappa shape index (κ3) is 6.45. The Kier molecular flexibility index (Phi) is 6.64. The molecule has 0 saturated heterocycles. The van der Waals surface area contributed by atoms with Gasteiger partial charge in [-0.05, 0) is 29.8 Å². The van der Waals surface area contributed by atoms with Gasteiger partial charge in [0, 0.05) is 18.5 Å². The van der Waals surface area contributed by atoms with Crippen LogP contribution >= 0.6 is 15.9 Å². The Balaban J connectivity index is 3.07. The zero-order valence-electron chi connectivity index (χ0n) is 13.9. The summed E-state index contributed by atoms with van der Waals surface area (Å²) < 4.78 is 65.5. The van der Waals surface area contributed by atoms with Gasteiger partial charge in [-0.2, -0.15) is 18.4 Å². The number of carbonyl (C=O) groups is 1. The van der Waals surface area contributed by atoms with E-state index >= 15 is 0 Å². The van der Waals surface area contributed by atoms with Gasteiger partial charge in [0.2, 0.25) is 0 Å². The number of pyridine rings is 1. The van der Waals surface area contributed by atoms with Crippen molar-refractivity contribution in [2.24, 2.45) is 0 Å². The summed E-state index contributed by atoms with van der Waals surface area (Å²) in [7, 11) is -3.58. The van der Waals surface area contributed by atoms with Gasteiger partial charge in [-0.25, -0.2) is 13.4 Å². The number of carbonyl (C=O) groups excluding carboxylic acids is 1. The molecule has 1 amide bonds. The van der Waals surface area contributed by atoms with E-state index in [9.17, 15) is 26.4 Å². The van der Waals surface area contributed by atoms with Crippen LogP contribution in [0.25, 0.3) is 0 Å². The molecule has 2 atom stereocenters. The number of aromatic nitrogens is 1. The Bertz CT molecular complexity index is 839. The van der Waals surface area contributed by atoms with Crippen molar-refractivity contribution >= 4 is 31.7 Å². The summed E-state index contributed by atoms with van der Waals surface area (Å²) in [5.74, 6) is -1.86. The molecule has 1 N–H and O–H groups in total. The summed E-state index contributed by atoms with van der Waals surface area (Å²) in [5, 5.41) is 11.4. The minimum absolute atomic E-state index is 0.0873. The zero-order valence-corrected chi connectivity index (χ0v) is 16.3. The lowest BCUT2D eigenvalue weighted by Crippen LogP contribution is -2.49. The van der Waals surface area contributed by atoms with Crippen LogP contribution in [0.1, 0.15) is 24.3 Å². The normalized spacial score (nSPS) is 15.5. The summed E-state index contributed by atoms with van der Waals surface area (Å²) in [6.07, 6.45) is -4.78. The van der Waals surface area contributed by atoms with Crippen molar-refractivity contribution in [1.29, 1.82) is 5.26 Å². The highest BCUT2D eigenvalue weighted by Crippen LogP contribution is 2.30. The van der Waals surface area contributed by atoms with E-state index in [1.807, 2.05) is 0 Å². The molecule has 0 saturated carbocycles. The number of rotatable bonds is 6. The molecule has 0 aromatic carbocycles. The third-order valence-corrected chi connectivity index (χ3v) is 4.70. The minimum atomic E-state index is -4.61. The second-order valence-electron chi connectivity index (χ2n) is 5.77. The fourth-order valence-corrected chi connectivity index (χ4v) is 3.32. The number of nitrogens with one attached hydrogen (secondary N) is 1. The van der Waals surface area contributed by atoms with E-state index in [2.05, 4.69) is 26.2 Å². The van der Waals surface area contributed by atoms with Crippen LogP contribution in [-0.2, 0) is 9.84 Å². The van der Waals surface area contributed by atoms with Crippen molar-refractivity contribution in [3.63, 3.8) is 0 Å². The average Bonchev–Trinajstić information content (AvgIpc) is 2.46. The van der Waals surface area contributed by atoms with Crippen molar-refractivity contribution in [3.8, 4) is 11.8 Å². The molecule has 1 heterocycles. The van der Waals surface area contributed by atoms with Crippen LogP contribution in [0.4, 0.5) is 13.2 Å². The lowest BCUT2D eigenvalue weighted by atomic mass is 10.1. The van der Waals surface area contributed by atoms with Gasteiger partial charge in [-0.15, -0.1) is 0 Å². The Morgan fingerprint density at radius 3 is 2.54 bits per heavy atom. The van der Waals surface area contributed by atoms with Crippen molar-refractivity contribution < 1.29 is 31.1 Å². The Morgan fingerprint density at radius 1 is 1.50 bits per heavy atom. The minimum Gasteiger partial charge on any atom is -0.480 e. The first-order valence-electron chi connectivity index (χ1n) is 6.97. The van der Waals surface area contributed by atoms with E-state index in [0.29, 0.717) is 0 Å². The van der Waals surface area contributed by atoms with E-state index in [-0.39, 0.29) is 15.9 Å². The number of hydrogen-bond donors (Lipinski definition) is 1. The van der Waals surface area contributed by atoms with E-state index < -0.39 is 39.3 Å². The molecule has 0 bridgehead atoms. The molecule has 12 heteroatoms. The van der Waals surface area contributed by atoms with Crippen LogP contribution in [0.5, 0.6) is 5.75 Å². The quantitative estimate of drug-likeness (QED) is 0.701. The fourth-order valence-electron chi connectivity index (χ4n) is 1.83. The molecule has 26 heavy (non-hydrogen) atoms. The third-order valence-electron chi connectivity index (χ3n) is 3.00. The molecule has 144 valence electrons. The van der Waals surface area contributed by atoms with E-state index in [1.54, 1.807) is 6.07 Å². The number of halogens is 4. The van der Waals surface area contributed by atoms with Crippen molar-refractivity contribution in [3.05, 3.63) is 22.4 Å². The number of amides is 1. The van der Waals surface area contributed by atoms with Gasteiger partial charge < -0.3 is 10.1 Å². The lowest BCUT2D eigenvalue weighted by Gasteiger charge is -2.22. The number of nitriles is 1. The van der Waals surface area contributed by atoms with Crippen molar-refractivity contribution in [1.82, 2.24) is 10.3 Å². The first-order valence-corrected chi connectivity index (χ1v) is 9.82. The number of hydrogen-bond acceptors (Lipinski definition) is 6. The van der Waals surface area contributed by atoms with Crippen molar-refractivity contribution in [2.45, 2.75) is 31.7 Å². The molecule has 7 nitrogen and oxygen atoms in total. The van der Waals surface area contributed by atoms with Gasteiger partial charge in [0.05, 0.1) is 16.3 Å². The van der Waals surface area contributed by atoms with Crippen LogP contribution in [0.15, 0.2) is 16.7 Å². The molecule has 0 aliphatic heterocycles. The highest BCUT2D eigenvalue weighted by atomic mass is 79.9. The SMILES string of the molecule is C[C@H](Oc1cc(C(=O)NC(C)(C#N)CS(C)(=O)=O)ncc1Br)C(F)(F)F. The summed E-state index contributed by atoms with van der Waals surface area (Å²) in [6.45, 7) is 2.00. The van der Waals surface area contributed by atoms with E-state index in [1.165, 1.54) is 6.92 Å². The Morgan fingerprint density at radius 2 is 2.08 bits per heavy atom. The van der Waals surface area contributed by atoms with Crippen LogP contribution < -0.4 is 10.1 Å². The first-order chi connectivity index (χ1) is 11.7. The predicted molar refractivity (Wildman–Crippen MR) is 89.3 cm³/mol. The number of ether oxygens (including phenoxy) is 1. The smallest absolute Gasteiger partial charge is 0.425 e. The van der Waals surface area contributed by atoms with Gasteiger partial charge in [0.15, 0.2) is 15.9 Å². The van der Waals surface area contributed by atoms with Crippen LogP contribution in [0.3, 0.4) is 0 Å². The second-order valence-corrected chi connectivity index (χ2v) is 8.76. The molecule has 1 aromatic heterocycles. The standard InChI is InChI=1S/C14H15BrF3N3O4S/c1-8(14(16,17)18)25-11-4-10(20-5-9(11)15)12(22)21-13(2,6-19)7-26(3,23)24/h4-5,8H,7H2,1-3H3,(H,21,22)/t8-,13?/m0/s1. The van der Waals surface area contributed by atoms with Gasteiger partial charge in [0.1, 0.15) is 17.0 Å². The van der Waals surface area contributed by atoms with Crippen LogP contribution in [-0.4, -0.2) is 49.1 Å². The van der Waals surface area contributed by atoms with Crippen LogP contribution in [0.2, 0.25) is 0 Å². The van der Waals surface area contributed by atoms with E-state index in [0.717, 1.165) is 25.4 Å². The number of sulfone groups is 1. The maximum atomic E-state index is 12.6. The molecule has 1 aromatic rings. The largest absolute Gasteiger partial charge is 0.480 e. The molecule has 0 aliphatic rings. The molecule has 0 radical (unpaired) electrons. The average molecular weight is 458 g/mol. The predicted octanol–water partition coefficient (Wildman–Crippen LogP) is 2.23. The van der Waals surface area contributed by atoms with Gasteiger partial charge >= 0.3 is 6.18 Å². The molecular weight excluding hydrogens is 443 g/mol. The summed E-state index contributed by atoms with van der Waals surface area (Å²) in [5.41, 5.74) is -2.08. The maximum Gasteiger partial charge on any atom is 0.425 e. The molecule has 0 aliphatic carbocycles. The Labute approximate surface area is 156 Å². The van der Waals surface area contributed by atoms with Crippen molar-refractivity contribution in [2.75, 3.05) is 12.0 Å². The number of nitrogens with zero attached hydrogens (tertiary/aromatic N) is 2. The summed E-state index contributed by atoms with van der Waals surface area (Å²) >= 11 is 2.97. The second kappa shape index (κ2) is 7.79.